The highest BCUT2D eigenvalue weighted by atomic mass is 35.5. The molecule has 4 nitrogen and oxygen atoms in total. The molecule has 1 heterocycles. The molecule has 1 fully saturated rings. The summed E-state index contributed by atoms with van der Waals surface area (Å²) >= 11 is 6.01. The lowest BCUT2D eigenvalue weighted by molar-refractivity contribution is 0.0654. The summed E-state index contributed by atoms with van der Waals surface area (Å²) in [5.41, 5.74) is 0.646. The van der Waals surface area contributed by atoms with Gasteiger partial charge in [-0.05, 0) is 52.2 Å². The van der Waals surface area contributed by atoms with Gasteiger partial charge in [-0.3, -0.25) is 4.79 Å². The van der Waals surface area contributed by atoms with Gasteiger partial charge in [0, 0.05) is 29.1 Å². The van der Waals surface area contributed by atoms with E-state index in [0.717, 1.165) is 13.0 Å². The first-order chi connectivity index (χ1) is 10.5. The van der Waals surface area contributed by atoms with Crippen molar-refractivity contribution in [3.63, 3.8) is 0 Å². The van der Waals surface area contributed by atoms with Gasteiger partial charge in [0.15, 0.2) is 0 Å². The zero-order valence-electron chi connectivity index (χ0n) is 13.6. The lowest BCUT2D eigenvalue weighted by atomic mass is 9.96. The van der Waals surface area contributed by atoms with Crippen molar-refractivity contribution in [2.75, 3.05) is 40.4 Å². The van der Waals surface area contributed by atoms with Crippen LogP contribution in [0.1, 0.15) is 23.7 Å². The Labute approximate surface area is 138 Å². The fourth-order valence-corrected chi connectivity index (χ4v) is 3.01. The zero-order chi connectivity index (χ0) is 16.1. The molecule has 5 heteroatoms. The summed E-state index contributed by atoms with van der Waals surface area (Å²) < 4.78 is 5.71. The van der Waals surface area contributed by atoms with Gasteiger partial charge in [0.1, 0.15) is 0 Å². The molecule has 2 rings (SSSR count). The highest BCUT2D eigenvalue weighted by Gasteiger charge is 2.30. The quantitative estimate of drug-likeness (QED) is 0.853. The van der Waals surface area contributed by atoms with E-state index in [9.17, 15) is 4.79 Å². The van der Waals surface area contributed by atoms with Crippen LogP contribution in [0.3, 0.4) is 0 Å². The number of benzene rings is 1. The van der Waals surface area contributed by atoms with Crippen molar-refractivity contribution in [2.45, 2.75) is 19.4 Å². The smallest absolute Gasteiger partial charge is 0.254 e. The minimum atomic E-state index is 0.0374. The molecular formula is C17H25ClN2O2. The van der Waals surface area contributed by atoms with E-state index in [1.807, 2.05) is 17.0 Å². The van der Waals surface area contributed by atoms with Crippen molar-refractivity contribution >= 4 is 17.5 Å². The van der Waals surface area contributed by atoms with E-state index in [4.69, 9.17) is 16.3 Å². The Balaban J connectivity index is 2.12. The number of ether oxygens (including phenoxy) is 1. The predicted octanol–water partition coefficient (Wildman–Crippen LogP) is 2.77. The molecule has 1 aromatic carbocycles. The first-order valence-corrected chi connectivity index (χ1v) is 8.16. The van der Waals surface area contributed by atoms with Crippen molar-refractivity contribution in [1.82, 2.24) is 9.80 Å². The summed E-state index contributed by atoms with van der Waals surface area (Å²) in [4.78, 5) is 16.9. The molecule has 0 bridgehead atoms. The van der Waals surface area contributed by atoms with Gasteiger partial charge in [0.25, 0.3) is 5.91 Å². The highest BCUT2D eigenvalue weighted by molar-refractivity contribution is 6.30. The van der Waals surface area contributed by atoms with E-state index in [2.05, 4.69) is 25.9 Å². The van der Waals surface area contributed by atoms with Crippen molar-refractivity contribution in [3.05, 3.63) is 34.9 Å². The van der Waals surface area contributed by atoms with Crippen molar-refractivity contribution < 1.29 is 9.53 Å². The topological polar surface area (TPSA) is 32.8 Å². The average molecular weight is 325 g/mol. The lowest BCUT2D eigenvalue weighted by Crippen LogP contribution is -2.43. The number of carbonyl (C=O) groups is 1. The van der Waals surface area contributed by atoms with Gasteiger partial charge in [0.2, 0.25) is 0 Å². The second-order valence-electron chi connectivity index (χ2n) is 6.18. The van der Waals surface area contributed by atoms with E-state index in [-0.39, 0.29) is 11.9 Å². The van der Waals surface area contributed by atoms with Crippen LogP contribution >= 0.6 is 11.6 Å². The number of amides is 1. The predicted molar refractivity (Wildman–Crippen MR) is 89.4 cm³/mol. The molecule has 0 saturated carbocycles. The number of carbonyl (C=O) groups excluding carboxylic acids is 1. The van der Waals surface area contributed by atoms with Crippen LogP contribution in [0.2, 0.25) is 5.02 Å². The van der Waals surface area contributed by atoms with E-state index >= 15 is 0 Å². The molecule has 1 amide bonds. The molecule has 0 spiro atoms. The van der Waals surface area contributed by atoms with E-state index in [1.165, 1.54) is 0 Å². The van der Waals surface area contributed by atoms with Gasteiger partial charge in [-0.25, -0.2) is 0 Å². The number of rotatable bonds is 4. The summed E-state index contributed by atoms with van der Waals surface area (Å²) in [6, 6.07) is 7.32. The van der Waals surface area contributed by atoms with Crippen LogP contribution in [0.15, 0.2) is 24.3 Å². The molecule has 0 aromatic heterocycles. The normalized spacial score (nSPS) is 22.7. The zero-order valence-corrected chi connectivity index (χ0v) is 14.3. The number of halogens is 1. The summed E-state index contributed by atoms with van der Waals surface area (Å²) in [7, 11) is 4.13. The Bertz CT molecular complexity index is 507. The van der Waals surface area contributed by atoms with Gasteiger partial charge >= 0.3 is 0 Å². The van der Waals surface area contributed by atoms with E-state index < -0.39 is 0 Å². The monoisotopic (exact) mass is 324 g/mol. The molecule has 0 unspecified atom stereocenters. The minimum absolute atomic E-state index is 0.0374. The van der Waals surface area contributed by atoms with Crippen LogP contribution in [0.4, 0.5) is 0 Å². The van der Waals surface area contributed by atoms with Crippen molar-refractivity contribution in [3.8, 4) is 0 Å². The van der Waals surface area contributed by atoms with Crippen LogP contribution < -0.4 is 0 Å². The first-order valence-electron chi connectivity index (χ1n) is 7.78. The number of nitrogens with zero attached hydrogens (tertiary/aromatic N) is 2. The Kier molecular flexibility index (Phi) is 6.24. The second kappa shape index (κ2) is 7.95. The van der Waals surface area contributed by atoms with Crippen LogP contribution in [0, 0.1) is 5.92 Å². The molecule has 1 aromatic rings. The molecule has 22 heavy (non-hydrogen) atoms. The third-order valence-electron chi connectivity index (χ3n) is 4.26. The largest absolute Gasteiger partial charge is 0.379 e. The van der Waals surface area contributed by atoms with E-state index in [1.54, 1.807) is 12.1 Å². The molecule has 1 saturated heterocycles. The second-order valence-corrected chi connectivity index (χ2v) is 6.61. The Morgan fingerprint density at radius 2 is 2.23 bits per heavy atom. The van der Waals surface area contributed by atoms with Gasteiger partial charge in [-0.1, -0.05) is 17.7 Å². The third-order valence-corrected chi connectivity index (χ3v) is 4.50. The maximum Gasteiger partial charge on any atom is 0.254 e. The van der Waals surface area contributed by atoms with Crippen molar-refractivity contribution in [1.29, 1.82) is 0 Å². The summed E-state index contributed by atoms with van der Waals surface area (Å²) in [5.74, 6) is 0.392. The Morgan fingerprint density at radius 1 is 1.45 bits per heavy atom. The fourth-order valence-electron chi connectivity index (χ4n) is 2.82. The Morgan fingerprint density at radius 3 is 2.91 bits per heavy atom. The maximum atomic E-state index is 12.8. The highest BCUT2D eigenvalue weighted by Crippen LogP contribution is 2.22. The summed E-state index contributed by atoms with van der Waals surface area (Å²) in [6.07, 6.45) is 1.02. The van der Waals surface area contributed by atoms with Gasteiger partial charge in [-0.15, -0.1) is 0 Å². The van der Waals surface area contributed by atoms with Crippen LogP contribution in [0.25, 0.3) is 0 Å². The fraction of sp³-hybridized carbons (Fsp3) is 0.588. The van der Waals surface area contributed by atoms with Gasteiger partial charge in [-0.2, -0.15) is 0 Å². The molecule has 0 radical (unpaired) electrons. The molecule has 2 atom stereocenters. The molecule has 0 aliphatic carbocycles. The SMILES string of the molecule is C[C@H]1[C@H](CCN(C)C)COCCN1C(=O)c1cccc(Cl)c1. The molecule has 1 aliphatic heterocycles. The minimum Gasteiger partial charge on any atom is -0.379 e. The molecular weight excluding hydrogens is 300 g/mol. The number of hydrogen-bond donors (Lipinski definition) is 0. The average Bonchev–Trinajstić information content (AvgIpc) is 2.66. The lowest BCUT2D eigenvalue weighted by Gasteiger charge is -2.32. The maximum absolute atomic E-state index is 12.8. The Hall–Kier alpha value is -1.10. The van der Waals surface area contributed by atoms with Crippen molar-refractivity contribution in [2.24, 2.45) is 5.92 Å². The first kappa shape index (κ1) is 17.3. The van der Waals surface area contributed by atoms with Crippen LogP contribution in [-0.2, 0) is 4.74 Å². The van der Waals surface area contributed by atoms with E-state index in [0.29, 0.717) is 36.3 Å². The summed E-state index contributed by atoms with van der Waals surface area (Å²) in [6.45, 7) is 5.06. The van der Waals surface area contributed by atoms with Crippen LogP contribution in [-0.4, -0.2) is 62.1 Å². The van der Waals surface area contributed by atoms with Gasteiger partial charge < -0.3 is 14.5 Å². The van der Waals surface area contributed by atoms with Crippen LogP contribution in [0.5, 0.6) is 0 Å². The molecule has 122 valence electrons. The molecule has 0 N–H and O–H groups in total. The third kappa shape index (κ3) is 4.45. The van der Waals surface area contributed by atoms with Gasteiger partial charge in [0.05, 0.1) is 13.2 Å². The number of hydrogen-bond acceptors (Lipinski definition) is 3. The molecule has 1 aliphatic rings. The summed E-state index contributed by atoms with van der Waals surface area (Å²) in [5, 5.41) is 0.591. The standard InChI is InChI=1S/C17H25ClN2O2/c1-13-15(7-8-19(2)3)12-22-10-9-20(13)17(21)14-5-4-6-16(18)11-14/h4-6,11,13,15H,7-10,12H2,1-3H3/t13-,15+/m0/s1.